The standard InChI is InChI=1S/C16H14N2O3S2/c1-20-16(19)11-6-5-9(21-11)7-22-14-13-10-3-2-4-12(10)23-15(13)18-8-17-14/h5-6,8H,2-4,7H2,1H3. The predicted molar refractivity (Wildman–Crippen MR) is 89.0 cm³/mol. The maximum Gasteiger partial charge on any atom is 0.373 e. The minimum Gasteiger partial charge on any atom is -0.463 e. The van der Waals surface area contributed by atoms with Gasteiger partial charge in [-0.3, -0.25) is 0 Å². The van der Waals surface area contributed by atoms with Crippen LogP contribution in [0.3, 0.4) is 0 Å². The number of ether oxygens (including phenoxy) is 1. The normalized spacial score (nSPS) is 13.4. The molecule has 0 spiro atoms. The summed E-state index contributed by atoms with van der Waals surface area (Å²) in [6.07, 6.45) is 5.11. The number of esters is 1. The van der Waals surface area contributed by atoms with E-state index in [1.807, 2.05) is 0 Å². The molecule has 0 aliphatic heterocycles. The second kappa shape index (κ2) is 5.98. The number of thioether (sulfide) groups is 1. The summed E-state index contributed by atoms with van der Waals surface area (Å²) in [5.74, 6) is 1.12. The molecule has 0 fully saturated rings. The number of furan rings is 1. The molecule has 0 unspecified atom stereocenters. The molecule has 118 valence electrons. The molecule has 5 nitrogen and oxygen atoms in total. The first-order valence-electron chi connectivity index (χ1n) is 7.31. The molecule has 1 aliphatic rings. The third kappa shape index (κ3) is 2.64. The van der Waals surface area contributed by atoms with E-state index in [4.69, 9.17) is 4.42 Å². The Labute approximate surface area is 141 Å². The number of thiophene rings is 1. The van der Waals surface area contributed by atoms with Gasteiger partial charge in [-0.1, -0.05) is 11.8 Å². The quantitative estimate of drug-likeness (QED) is 0.406. The maximum atomic E-state index is 11.4. The monoisotopic (exact) mass is 346 g/mol. The molecule has 0 atom stereocenters. The number of aromatic nitrogens is 2. The molecule has 3 aromatic rings. The Hall–Kier alpha value is -1.86. The van der Waals surface area contributed by atoms with Gasteiger partial charge in [-0.05, 0) is 37.0 Å². The lowest BCUT2D eigenvalue weighted by molar-refractivity contribution is 0.0563. The van der Waals surface area contributed by atoms with Gasteiger partial charge in [-0.25, -0.2) is 14.8 Å². The molecule has 0 radical (unpaired) electrons. The zero-order chi connectivity index (χ0) is 15.8. The number of methoxy groups -OCH3 is 1. The first-order chi connectivity index (χ1) is 11.3. The molecular formula is C16H14N2O3S2. The van der Waals surface area contributed by atoms with Crippen LogP contribution < -0.4 is 0 Å². The highest BCUT2D eigenvalue weighted by atomic mass is 32.2. The number of aryl methyl sites for hydroxylation is 2. The number of rotatable bonds is 4. The smallest absolute Gasteiger partial charge is 0.373 e. The molecule has 7 heteroatoms. The topological polar surface area (TPSA) is 65.2 Å². The van der Waals surface area contributed by atoms with E-state index in [1.165, 1.54) is 29.4 Å². The van der Waals surface area contributed by atoms with E-state index in [0.29, 0.717) is 5.75 Å². The predicted octanol–water partition coefficient (Wildman–Crippen LogP) is 3.85. The summed E-state index contributed by atoms with van der Waals surface area (Å²) >= 11 is 3.40. The van der Waals surface area contributed by atoms with Gasteiger partial charge in [0.1, 0.15) is 21.9 Å². The van der Waals surface area contributed by atoms with Crippen LogP contribution in [0.2, 0.25) is 0 Å². The Balaban J connectivity index is 1.59. The van der Waals surface area contributed by atoms with Crippen molar-refractivity contribution in [3.8, 4) is 0 Å². The molecular weight excluding hydrogens is 332 g/mol. The van der Waals surface area contributed by atoms with Gasteiger partial charge in [-0.15, -0.1) is 11.3 Å². The Morgan fingerprint density at radius 1 is 1.39 bits per heavy atom. The summed E-state index contributed by atoms with van der Waals surface area (Å²) in [5, 5.41) is 2.19. The first-order valence-corrected chi connectivity index (χ1v) is 9.11. The molecule has 0 saturated heterocycles. The van der Waals surface area contributed by atoms with Crippen LogP contribution in [0.5, 0.6) is 0 Å². The SMILES string of the molecule is COC(=O)c1ccc(CSc2ncnc3sc4c(c23)CCC4)o1. The highest BCUT2D eigenvalue weighted by Crippen LogP contribution is 2.40. The fourth-order valence-electron chi connectivity index (χ4n) is 2.81. The van der Waals surface area contributed by atoms with Crippen LogP contribution in [0.4, 0.5) is 0 Å². The van der Waals surface area contributed by atoms with Crippen molar-refractivity contribution in [1.29, 1.82) is 0 Å². The minimum absolute atomic E-state index is 0.229. The van der Waals surface area contributed by atoms with Gasteiger partial charge < -0.3 is 9.15 Å². The van der Waals surface area contributed by atoms with Crippen molar-refractivity contribution in [2.45, 2.75) is 30.0 Å². The maximum absolute atomic E-state index is 11.4. The lowest BCUT2D eigenvalue weighted by Crippen LogP contribution is -1.98. The van der Waals surface area contributed by atoms with E-state index in [-0.39, 0.29) is 5.76 Å². The highest BCUT2D eigenvalue weighted by Gasteiger charge is 2.21. The lowest BCUT2D eigenvalue weighted by atomic mass is 10.2. The van der Waals surface area contributed by atoms with Gasteiger partial charge in [0.25, 0.3) is 0 Å². The molecule has 23 heavy (non-hydrogen) atoms. The highest BCUT2D eigenvalue weighted by molar-refractivity contribution is 7.98. The third-order valence-electron chi connectivity index (χ3n) is 3.87. The largest absolute Gasteiger partial charge is 0.463 e. The third-order valence-corrected chi connectivity index (χ3v) is 6.08. The fraction of sp³-hybridized carbons (Fsp3) is 0.312. The Bertz CT molecular complexity index is 885. The van der Waals surface area contributed by atoms with Crippen molar-refractivity contribution in [2.75, 3.05) is 7.11 Å². The molecule has 3 aromatic heterocycles. The number of nitrogens with zero attached hydrogens (tertiary/aromatic N) is 2. The van der Waals surface area contributed by atoms with Crippen LogP contribution in [0.15, 0.2) is 27.9 Å². The average Bonchev–Trinajstić information content (AvgIpc) is 3.27. The Kier molecular flexibility index (Phi) is 3.82. The second-order valence-corrected chi connectivity index (χ2v) is 7.31. The van der Waals surface area contributed by atoms with Crippen molar-refractivity contribution < 1.29 is 13.9 Å². The zero-order valence-electron chi connectivity index (χ0n) is 12.5. The van der Waals surface area contributed by atoms with Crippen molar-refractivity contribution in [3.05, 3.63) is 40.4 Å². The molecule has 0 amide bonds. The van der Waals surface area contributed by atoms with Gasteiger partial charge in [0.15, 0.2) is 0 Å². The van der Waals surface area contributed by atoms with Gasteiger partial charge in [0.05, 0.1) is 12.9 Å². The van der Waals surface area contributed by atoms with Crippen LogP contribution in [0.25, 0.3) is 10.2 Å². The number of carbonyl (C=O) groups is 1. The molecule has 0 aromatic carbocycles. The number of fused-ring (bicyclic) bond motifs is 3. The molecule has 4 rings (SSSR count). The van der Waals surface area contributed by atoms with Crippen LogP contribution >= 0.6 is 23.1 Å². The van der Waals surface area contributed by atoms with Crippen LogP contribution in [-0.4, -0.2) is 23.0 Å². The van der Waals surface area contributed by atoms with Crippen LogP contribution in [-0.2, 0) is 23.3 Å². The van der Waals surface area contributed by atoms with Crippen molar-refractivity contribution in [2.24, 2.45) is 0 Å². The summed E-state index contributed by atoms with van der Waals surface area (Å²) in [6.45, 7) is 0. The molecule has 3 heterocycles. The summed E-state index contributed by atoms with van der Waals surface area (Å²) < 4.78 is 10.2. The summed E-state index contributed by atoms with van der Waals surface area (Å²) in [7, 11) is 1.34. The van der Waals surface area contributed by atoms with Crippen LogP contribution in [0, 0.1) is 0 Å². The van der Waals surface area contributed by atoms with E-state index in [2.05, 4.69) is 14.7 Å². The fourth-order valence-corrected chi connectivity index (χ4v) is 5.03. The van der Waals surface area contributed by atoms with E-state index in [1.54, 1.807) is 41.6 Å². The average molecular weight is 346 g/mol. The second-order valence-electron chi connectivity index (χ2n) is 5.26. The van der Waals surface area contributed by atoms with Gasteiger partial charge in [0, 0.05) is 10.3 Å². The molecule has 0 saturated carbocycles. The zero-order valence-corrected chi connectivity index (χ0v) is 14.1. The van der Waals surface area contributed by atoms with Crippen molar-refractivity contribution in [1.82, 2.24) is 9.97 Å². The van der Waals surface area contributed by atoms with Crippen molar-refractivity contribution in [3.63, 3.8) is 0 Å². The van der Waals surface area contributed by atoms with E-state index in [0.717, 1.165) is 28.5 Å². The Morgan fingerprint density at radius 3 is 3.17 bits per heavy atom. The number of carbonyl (C=O) groups excluding carboxylic acids is 1. The minimum atomic E-state index is -0.457. The summed E-state index contributed by atoms with van der Waals surface area (Å²) in [4.78, 5) is 22.8. The molecule has 0 N–H and O–H groups in total. The number of hydrogen-bond donors (Lipinski definition) is 0. The molecule has 0 bridgehead atoms. The van der Waals surface area contributed by atoms with Gasteiger partial charge in [-0.2, -0.15) is 0 Å². The van der Waals surface area contributed by atoms with Crippen molar-refractivity contribution >= 4 is 39.3 Å². The summed E-state index contributed by atoms with van der Waals surface area (Å²) in [5.41, 5.74) is 1.42. The van der Waals surface area contributed by atoms with Gasteiger partial charge in [0.2, 0.25) is 5.76 Å². The van der Waals surface area contributed by atoms with E-state index in [9.17, 15) is 4.79 Å². The van der Waals surface area contributed by atoms with Gasteiger partial charge >= 0.3 is 5.97 Å². The first kappa shape index (κ1) is 14.7. The lowest BCUT2D eigenvalue weighted by Gasteiger charge is -2.02. The number of hydrogen-bond acceptors (Lipinski definition) is 7. The van der Waals surface area contributed by atoms with E-state index >= 15 is 0 Å². The van der Waals surface area contributed by atoms with E-state index < -0.39 is 5.97 Å². The summed E-state index contributed by atoms with van der Waals surface area (Å²) in [6, 6.07) is 3.44. The van der Waals surface area contributed by atoms with Crippen LogP contribution in [0.1, 0.15) is 33.2 Å². The Morgan fingerprint density at radius 2 is 2.30 bits per heavy atom. The molecule has 1 aliphatic carbocycles.